The van der Waals surface area contributed by atoms with E-state index < -0.39 is 6.10 Å². The largest absolute Gasteiger partial charge is 0.390 e. The Labute approximate surface area is 77.4 Å². The number of nitrogens with zero attached hydrogens (tertiary/aromatic N) is 3. The molecule has 5 heteroatoms. The molecule has 0 spiro atoms. The smallest absolute Gasteiger partial charge is 0.138 e. The van der Waals surface area contributed by atoms with Crippen LogP contribution in [0, 0.1) is 0 Å². The van der Waals surface area contributed by atoms with Gasteiger partial charge in [0.25, 0.3) is 0 Å². The Morgan fingerprint density at radius 1 is 1.69 bits per heavy atom. The van der Waals surface area contributed by atoms with Crippen molar-refractivity contribution in [3.63, 3.8) is 0 Å². The lowest BCUT2D eigenvalue weighted by Crippen LogP contribution is -2.20. The molecule has 0 aliphatic heterocycles. The summed E-state index contributed by atoms with van der Waals surface area (Å²) in [5, 5.41) is 13.4. The van der Waals surface area contributed by atoms with E-state index in [1.54, 1.807) is 11.7 Å². The van der Waals surface area contributed by atoms with Gasteiger partial charge < -0.3 is 9.84 Å². The maximum absolute atomic E-state index is 9.47. The molecule has 0 radical (unpaired) electrons. The average Bonchev–Trinajstić information content (AvgIpc) is 2.48. The topological polar surface area (TPSA) is 60.2 Å². The Bertz CT molecular complexity index is 249. The fourth-order valence-corrected chi connectivity index (χ4v) is 1.03. The first-order valence-electron chi connectivity index (χ1n) is 4.32. The van der Waals surface area contributed by atoms with Gasteiger partial charge in [-0.25, -0.2) is 4.98 Å². The summed E-state index contributed by atoms with van der Waals surface area (Å²) < 4.78 is 6.72. The van der Waals surface area contributed by atoms with Crippen molar-refractivity contribution in [2.45, 2.75) is 19.4 Å². The van der Waals surface area contributed by atoms with E-state index in [0.29, 0.717) is 19.6 Å². The van der Waals surface area contributed by atoms with E-state index in [-0.39, 0.29) is 0 Å². The summed E-state index contributed by atoms with van der Waals surface area (Å²) in [4.78, 5) is 4.00. The molecular weight excluding hydrogens is 170 g/mol. The summed E-state index contributed by atoms with van der Waals surface area (Å²) in [7, 11) is 1.80. The molecular formula is C8H15N3O2. The zero-order chi connectivity index (χ0) is 9.68. The van der Waals surface area contributed by atoms with Crippen LogP contribution >= 0.6 is 0 Å². The number of aliphatic hydroxyl groups is 1. The van der Waals surface area contributed by atoms with Crippen molar-refractivity contribution in [2.24, 2.45) is 7.05 Å². The van der Waals surface area contributed by atoms with E-state index in [0.717, 1.165) is 5.82 Å². The van der Waals surface area contributed by atoms with Crippen LogP contribution in [0.4, 0.5) is 0 Å². The third-order valence-electron chi connectivity index (χ3n) is 1.74. The Balaban J connectivity index is 2.36. The molecule has 1 atom stereocenters. The van der Waals surface area contributed by atoms with Crippen LogP contribution in [0.3, 0.4) is 0 Å². The second-order valence-corrected chi connectivity index (χ2v) is 2.82. The summed E-state index contributed by atoms with van der Waals surface area (Å²) in [6, 6.07) is 0. The van der Waals surface area contributed by atoms with Crippen molar-refractivity contribution in [1.82, 2.24) is 14.8 Å². The predicted octanol–water partition coefficient (Wildman–Crippen LogP) is -0.245. The monoisotopic (exact) mass is 185 g/mol. The first-order chi connectivity index (χ1) is 6.24. The number of rotatable bonds is 5. The standard InChI is InChI=1S/C8H15N3O2/c1-3-13-5-7(12)4-8-9-6-10-11(8)2/h6-7,12H,3-5H2,1-2H3. The minimum absolute atomic E-state index is 0.351. The Morgan fingerprint density at radius 2 is 2.46 bits per heavy atom. The number of hydrogen-bond acceptors (Lipinski definition) is 4. The summed E-state index contributed by atoms with van der Waals surface area (Å²) >= 11 is 0. The van der Waals surface area contributed by atoms with Crippen LogP contribution in [0.15, 0.2) is 6.33 Å². The van der Waals surface area contributed by atoms with Crippen LogP contribution in [0.1, 0.15) is 12.7 Å². The lowest BCUT2D eigenvalue weighted by molar-refractivity contribution is 0.0415. The number of aromatic nitrogens is 3. The highest BCUT2D eigenvalue weighted by Gasteiger charge is 2.08. The summed E-state index contributed by atoms with van der Waals surface area (Å²) in [5.41, 5.74) is 0. The molecule has 1 N–H and O–H groups in total. The van der Waals surface area contributed by atoms with Crippen molar-refractivity contribution < 1.29 is 9.84 Å². The van der Waals surface area contributed by atoms with Gasteiger partial charge in [-0.2, -0.15) is 5.10 Å². The molecule has 0 saturated carbocycles. The molecule has 0 fully saturated rings. The lowest BCUT2D eigenvalue weighted by atomic mass is 10.2. The molecule has 1 aromatic heterocycles. The minimum Gasteiger partial charge on any atom is -0.390 e. The summed E-state index contributed by atoms with van der Waals surface area (Å²) in [5.74, 6) is 0.771. The molecule has 0 aliphatic carbocycles. The third kappa shape index (κ3) is 3.12. The third-order valence-corrected chi connectivity index (χ3v) is 1.74. The van der Waals surface area contributed by atoms with Gasteiger partial charge in [-0.3, -0.25) is 4.68 Å². The highest BCUT2D eigenvalue weighted by molar-refractivity contribution is 4.86. The van der Waals surface area contributed by atoms with Crippen LogP contribution in [0.5, 0.6) is 0 Å². The van der Waals surface area contributed by atoms with Gasteiger partial charge in [0.1, 0.15) is 12.2 Å². The first-order valence-corrected chi connectivity index (χ1v) is 4.32. The molecule has 1 unspecified atom stereocenters. The number of hydrogen-bond donors (Lipinski definition) is 1. The molecule has 0 aliphatic rings. The van der Waals surface area contributed by atoms with Crippen LogP contribution < -0.4 is 0 Å². The van der Waals surface area contributed by atoms with E-state index in [4.69, 9.17) is 4.74 Å². The van der Waals surface area contributed by atoms with Gasteiger partial charge in [0.15, 0.2) is 0 Å². The number of ether oxygens (including phenoxy) is 1. The van der Waals surface area contributed by atoms with Crippen molar-refractivity contribution in [2.75, 3.05) is 13.2 Å². The SMILES string of the molecule is CCOCC(O)Cc1ncnn1C. The maximum Gasteiger partial charge on any atom is 0.138 e. The van der Waals surface area contributed by atoms with Gasteiger partial charge in [0.05, 0.1) is 12.7 Å². The van der Waals surface area contributed by atoms with Gasteiger partial charge in [0.2, 0.25) is 0 Å². The van der Waals surface area contributed by atoms with Crippen LogP contribution in [0.25, 0.3) is 0 Å². The molecule has 0 saturated heterocycles. The van der Waals surface area contributed by atoms with Crippen LogP contribution in [-0.2, 0) is 18.2 Å². The predicted molar refractivity (Wildman–Crippen MR) is 47.2 cm³/mol. The van der Waals surface area contributed by atoms with Gasteiger partial charge in [-0.15, -0.1) is 0 Å². The highest BCUT2D eigenvalue weighted by atomic mass is 16.5. The molecule has 74 valence electrons. The Hall–Kier alpha value is -0.940. The van der Waals surface area contributed by atoms with E-state index >= 15 is 0 Å². The second-order valence-electron chi connectivity index (χ2n) is 2.82. The Morgan fingerprint density at radius 3 is 3.00 bits per heavy atom. The van der Waals surface area contributed by atoms with Crippen LogP contribution in [0.2, 0.25) is 0 Å². The molecule has 0 aromatic carbocycles. The van der Waals surface area contributed by atoms with Crippen molar-refractivity contribution in [1.29, 1.82) is 0 Å². The average molecular weight is 185 g/mol. The molecule has 0 amide bonds. The minimum atomic E-state index is -0.497. The Kier molecular flexibility index (Phi) is 3.85. The number of aliphatic hydroxyl groups excluding tert-OH is 1. The van der Waals surface area contributed by atoms with E-state index in [2.05, 4.69) is 10.1 Å². The second kappa shape index (κ2) is 4.94. The quantitative estimate of drug-likeness (QED) is 0.687. The molecule has 5 nitrogen and oxygen atoms in total. The highest BCUT2D eigenvalue weighted by Crippen LogP contribution is 1.98. The van der Waals surface area contributed by atoms with E-state index in [1.807, 2.05) is 6.92 Å². The zero-order valence-electron chi connectivity index (χ0n) is 7.97. The fourth-order valence-electron chi connectivity index (χ4n) is 1.03. The normalized spacial score (nSPS) is 13.2. The van der Waals surface area contributed by atoms with Gasteiger partial charge in [-0.05, 0) is 6.92 Å². The van der Waals surface area contributed by atoms with E-state index in [1.165, 1.54) is 6.33 Å². The molecule has 0 bridgehead atoms. The summed E-state index contributed by atoms with van der Waals surface area (Å²) in [6.07, 6.45) is 1.46. The summed E-state index contributed by atoms with van der Waals surface area (Å²) in [6.45, 7) is 2.87. The van der Waals surface area contributed by atoms with Crippen molar-refractivity contribution >= 4 is 0 Å². The van der Waals surface area contributed by atoms with Crippen LogP contribution in [-0.4, -0.2) is 39.2 Å². The molecule has 1 aromatic rings. The lowest BCUT2D eigenvalue weighted by Gasteiger charge is -2.08. The van der Waals surface area contributed by atoms with E-state index in [9.17, 15) is 5.11 Å². The van der Waals surface area contributed by atoms with Gasteiger partial charge >= 0.3 is 0 Å². The first kappa shape index (κ1) is 10.1. The molecule has 13 heavy (non-hydrogen) atoms. The van der Waals surface area contributed by atoms with Crippen molar-refractivity contribution in [3.05, 3.63) is 12.2 Å². The maximum atomic E-state index is 9.47. The fraction of sp³-hybridized carbons (Fsp3) is 0.750. The zero-order valence-corrected chi connectivity index (χ0v) is 7.97. The van der Waals surface area contributed by atoms with Gasteiger partial charge in [0, 0.05) is 20.1 Å². The molecule has 1 heterocycles. The number of aryl methyl sites for hydroxylation is 1. The molecule has 1 rings (SSSR count). The van der Waals surface area contributed by atoms with Gasteiger partial charge in [-0.1, -0.05) is 0 Å². The van der Waals surface area contributed by atoms with Crippen molar-refractivity contribution in [3.8, 4) is 0 Å².